The number of sulfonamides is 1. The molecule has 21 heavy (non-hydrogen) atoms. The first-order chi connectivity index (χ1) is 9.44. The van der Waals surface area contributed by atoms with Crippen LogP contribution < -0.4 is 4.72 Å². The maximum Gasteiger partial charge on any atom is 0.306 e. The van der Waals surface area contributed by atoms with Crippen molar-refractivity contribution in [1.82, 2.24) is 4.72 Å². The summed E-state index contributed by atoms with van der Waals surface area (Å²) in [5, 5.41) is 18.1. The first kappa shape index (κ1) is 17.4. The van der Waals surface area contributed by atoms with Gasteiger partial charge in [-0.25, -0.2) is 26.3 Å². The van der Waals surface area contributed by atoms with Crippen molar-refractivity contribution in [1.29, 1.82) is 0 Å². The van der Waals surface area contributed by atoms with Gasteiger partial charge in [-0.05, 0) is 6.92 Å². The lowest BCUT2D eigenvalue weighted by atomic mass is 10.0. The van der Waals surface area contributed by atoms with Gasteiger partial charge in [-0.3, -0.25) is 4.79 Å². The molecule has 0 saturated heterocycles. The number of benzene rings is 1. The molecule has 1 rings (SSSR count). The normalized spacial score (nSPS) is 14.7. The van der Waals surface area contributed by atoms with Gasteiger partial charge < -0.3 is 10.2 Å². The van der Waals surface area contributed by atoms with E-state index in [1.165, 1.54) is 0 Å². The molecule has 0 bridgehead atoms. The summed E-state index contributed by atoms with van der Waals surface area (Å²) in [5.74, 6) is -5.96. The van der Waals surface area contributed by atoms with Crippen molar-refractivity contribution >= 4 is 16.0 Å². The van der Waals surface area contributed by atoms with Crippen LogP contribution in [0.15, 0.2) is 17.0 Å². The van der Waals surface area contributed by atoms with Crippen LogP contribution in [0.4, 0.5) is 13.2 Å². The molecule has 0 heterocycles. The van der Waals surface area contributed by atoms with E-state index in [1.807, 2.05) is 0 Å². The highest BCUT2D eigenvalue weighted by Gasteiger charge is 2.30. The average Bonchev–Trinajstić information content (AvgIpc) is 2.23. The lowest BCUT2D eigenvalue weighted by Crippen LogP contribution is -2.42. The molecule has 0 saturated carbocycles. The Morgan fingerprint density at radius 2 is 1.76 bits per heavy atom. The number of hydrogen-bond donors (Lipinski definition) is 3. The minimum atomic E-state index is -4.73. The van der Waals surface area contributed by atoms with Crippen molar-refractivity contribution in [3.63, 3.8) is 0 Å². The summed E-state index contributed by atoms with van der Waals surface area (Å²) in [4.78, 5) is 9.05. The second kappa shape index (κ2) is 6.00. The Bertz CT molecular complexity index is 637. The number of halogens is 3. The third-order valence-corrected chi connectivity index (χ3v) is 3.86. The molecular weight excluding hydrogens is 315 g/mol. The molecular formula is C11H12F3NO5S. The van der Waals surface area contributed by atoms with E-state index in [4.69, 9.17) is 5.11 Å². The predicted molar refractivity (Wildman–Crippen MR) is 64.4 cm³/mol. The lowest BCUT2D eigenvalue weighted by Gasteiger charge is -2.21. The van der Waals surface area contributed by atoms with Crippen molar-refractivity contribution in [3.8, 4) is 0 Å². The minimum absolute atomic E-state index is 0.188. The third kappa shape index (κ3) is 4.69. The predicted octanol–water partition coefficient (Wildman–Crippen LogP) is 0.608. The number of carboxylic acid groups (broad SMARTS) is 1. The molecule has 0 amide bonds. The van der Waals surface area contributed by atoms with Gasteiger partial charge in [0.15, 0.2) is 4.90 Å². The number of carboxylic acids is 1. The van der Waals surface area contributed by atoms with Crippen LogP contribution in [-0.4, -0.2) is 36.7 Å². The molecule has 1 unspecified atom stereocenters. The van der Waals surface area contributed by atoms with Gasteiger partial charge in [0, 0.05) is 18.7 Å². The number of hydrogen-bond acceptors (Lipinski definition) is 4. The van der Waals surface area contributed by atoms with E-state index in [0.29, 0.717) is 0 Å². The summed E-state index contributed by atoms with van der Waals surface area (Å²) in [6, 6.07) is 0.375. The summed E-state index contributed by atoms with van der Waals surface area (Å²) < 4.78 is 64.6. The Labute approximate surface area is 118 Å². The van der Waals surface area contributed by atoms with E-state index in [0.717, 1.165) is 6.92 Å². The fraction of sp³-hybridized carbons (Fsp3) is 0.364. The van der Waals surface area contributed by atoms with Crippen molar-refractivity contribution in [2.45, 2.75) is 23.8 Å². The second-order valence-electron chi connectivity index (χ2n) is 4.59. The van der Waals surface area contributed by atoms with Crippen LogP contribution in [0.25, 0.3) is 0 Å². The molecule has 6 nitrogen and oxygen atoms in total. The summed E-state index contributed by atoms with van der Waals surface area (Å²) in [7, 11) is -4.73. The number of aliphatic carboxylic acids is 1. The quantitative estimate of drug-likeness (QED) is 0.710. The SMILES string of the molecule is CC(O)(CNS(=O)(=O)c1c(F)cc(F)cc1F)CC(=O)O. The highest BCUT2D eigenvalue weighted by molar-refractivity contribution is 7.89. The van der Waals surface area contributed by atoms with Gasteiger partial charge in [-0.15, -0.1) is 0 Å². The van der Waals surface area contributed by atoms with Gasteiger partial charge in [0.05, 0.1) is 12.0 Å². The smallest absolute Gasteiger partial charge is 0.306 e. The van der Waals surface area contributed by atoms with Crippen LogP contribution in [0, 0.1) is 17.5 Å². The fourth-order valence-electron chi connectivity index (χ4n) is 1.50. The molecule has 118 valence electrons. The number of carbonyl (C=O) groups is 1. The molecule has 3 N–H and O–H groups in total. The van der Waals surface area contributed by atoms with Crippen molar-refractivity contribution in [2.75, 3.05) is 6.54 Å². The zero-order valence-electron chi connectivity index (χ0n) is 10.7. The topological polar surface area (TPSA) is 104 Å². The molecule has 1 atom stereocenters. The van der Waals surface area contributed by atoms with Crippen molar-refractivity contribution < 1.29 is 36.6 Å². The van der Waals surface area contributed by atoms with E-state index in [-0.39, 0.29) is 12.1 Å². The Hall–Kier alpha value is -1.65. The van der Waals surface area contributed by atoms with E-state index in [9.17, 15) is 31.5 Å². The molecule has 10 heteroatoms. The van der Waals surface area contributed by atoms with Gasteiger partial charge >= 0.3 is 5.97 Å². The van der Waals surface area contributed by atoms with Crippen LogP contribution in [0.2, 0.25) is 0 Å². The molecule has 0 fully saturated rings. The summed E-state index contributed by atoms with van der Waals surface area (Å²) in [6.07, 6.45) is -0.788. The first-order valence-corrected chi connectivity index (χ1v) is 7.01. The molecule has 0 aliphatic heterocycles. The molecule has 0 spiro atoms. The van der Waals surface area contributed by atoms with E-state index < -0.39 is 56.9 Å². The minimum Gasteiger partial charge on any atom is -0.481 e. The van der Waals surface area contributed by atoms with Crippen molar-refractivity contribution in [2.24, 2.45) is 0 Å². The molecule has 1 aromatic rings. The lowest BCUT2D eigenvalue weighted by molar-refractivity contribution is -0.141. The van der Waals surface area contributed by atoms with Crippen LogP contribution in [0.1, 0.15) is 13.3 Å². The standard InChI is InChI=1S/C11H12F3NO5S/c1-11(18,4-9(16)17)5-15-21(19,20)10-7(13)2-6(12)3-8(10)14/h2-3,15,18H,4-5H2,1H3,(H,16,17). The number of rotatable bonds is 6. The maximum atomic E-state index is 13.4. The first-order valence-electron chi connectivity index (χ1n) is 5.53. The number of nitrogens with one attached hydrogen (secondary N) is 1. The molecule has 0 aliphatic rings. The zero-order chi connectivity index (χ0) is 16.4. The Kier molecular flexibility index (Phi) is 4.97. The van der Waals surface area contributed by atoms with Crippen LogP contribution >= 0.6 is 0 Å². The third-order valence-electron chi connectivity index (χ3n) is 2.41. The van der Waals surface area contributed by atoms with Crippen LogP contribution in [-0.2, 0) is 14.8 Å². The van der Waals surface area contributed by atoms with E-state index in [1.54, 1.807) is 4.72 Å². The highest BCUT2D eigenvalue weighted by atomic mass is 32.2. The van der Waals surface area contributed by atoms with E-state index in [2.05, 4.69) is 0 Å². The summed E-state index contributed by atoms with van der Waals surface area (Å²) in [6.45, 7) is 0.235. The Morgan fingerprint density at radius 1 is 1.29 bits per heavy atom. The Balaban J connectivity index is 3.01. The monoisotopic (exact) mass is 327 g/mol. The second-order valence-corrected chi connectivity index (χ2v) is 6.29. The molecule has 1 aromatic carbocycles. The van der Waals surface area contributed by atoms with Gasteiger partial charge in [-0.2, -0.15) is 0 Å². The molecule has 0 aromatic heterocycles. The zero-order valence-corrected chi connectivity index (χ0v) is 11.5. The average molecular weight is 327 g/mol. The Morgan fingerprint density at radius 3 is 2.19 bits per heavy atom. The summed E-state index contributed by atoms with van der Waals surface area (Å²) in [5.41, 5.74) is -1.97. The van der Waals surface area contributed by atoms with Crippen LogP contribution in [0.5, 0.6) is 0 Å². The maximum absolute atomic E-state index is 13.4. The van der Waals surface area contributed by atoms with Crippen molar-refractivity contribution in [3.05, 3.63) is 29.6 Å². The highest BCUT2D eigenvalue weighted by Crippen LogP contribution is 2.20. The van der Waals surface area contributed by atoms with Gasteiger partial charge in [-0.1, -0.05) is 0 Å². The largest absolute Gasteiger partial charge is 0.481 e. The summed E-state index contributed by atoms with van der Waals surface area (Å²) >= 11 is 0. The molecule has 0 radical (unpaired) electrons. The van der Waals surface area contributed by atoms with Gasteiger partial charge in [0.1, 0.15) is 17.5 Å². The van der Waals surface area contributed by atoms with Gasteiger partial charge in [0.2, 0.25) is 10.0 Å². The number of aliphatic hydroxyl groups is 1. The van der Waals surface area contributed by atoms with Gasteiger partial charge in [0.25, 0.3) is 0 Å². The fourth-order valence-corrected chi connectivity index (χ4v) is 2.77. The molecule has 0 aliphatic carbocycles. The van der Waals surface area contributed by atoms with Crippen LogP contribution in [0.3, 0.4) is 0 Å². The van der Waals surface area contributed by atoms with E-state index >= 15 is 0 Å².